The predicted octanol–water partition coefficient (Wildman–Crippen LogP) is 2.55. The highest BCUT2D eigenvalue weighted by Gasteiger charge is 2.11. The maximum atomic E-state index is 4.09. The molecule has 14 heavy (non-hydrogen) atoms. The Kier molecular flexibility index (Phi) is 5.40. The normalized spacial score (nSPS) is 12.6. The van der Waals surface area contributed by atoms with E-state index < -0.39 is 0 Å². The Bertz CT molecular complexity index is 246. The third-order valence-corrected chi connectivity index (χ3v) is 2.56. The van der Waals surface area contributed by atoms with Crippen LogP contribution in [0.4, 0.5) is 0 Å². The van der Waals surface area contributed by atoms with E-state index in [4.69, 9.17) is 0 Å². The first-order chi connectivity index (χ1) is 6.88. The van der Waals surface area contributed by atoms with E-state index in [0.29, 0.717) is 6.04 Å². The summed E-state index contributed by atoms with van der Waals surface area (Å²) in [5, 5.41) is 9.57. The highest BCUT2D eigenvalue weighted by atomic mass is 32.1. The van der Waals surface area contributed by atoms with Crippen molar-refractivity contribution in [2.45, 2.75) is 32.2 Å². The highest BCUT2D eigenvalue weighted by molar-refractivity contribution is 7.03. The summed E-state index contributed by atoms with van der Waals surface area (Å²) in [5.74, 6) is 0. The van der Waals surface area contributed by atoms with Crippen molar-refractivity contribution >= 4 is 11.5 Å². The van der Waals surface area contributed by atoms with Crippen LogP contribution in [0.1, 0.15) is 37.9 Å². The van der Waals surface area contributed by atoms with E-state index >= 15 is 0 Å². The minimum Gasteiger partial charge on any atom is -0.309 e. The lowest BCUT2D eigenvalue weighted by Crippen LogP contribution is -2.22. The second-order valence-corrected chi connectivity index (χ2v) is 3.81. The quantitative estimate of drug-likeness (QED) is 0.704. The molecule has 0 saturated carbocycles. The monoisotopic (exact) mass is 211 g/mol. The Labute approximate surface area is 89.4 Å². The van der Waals surface area contributed by atoms with E-state index in [9.17, 15) is 0 Å². The lowest BCUT2D eigenvalue weighted by molar-refractivity contribution is 0.491. The van der Waals surface area contributed by atoms with Gasteiger partial charge >= 0.3 is 0 Å². The molecule has 0 aromatic carbocycles. The number of hydrogen-bond donors (Lipinski definition) is 1. The van der Waals surface area contributed by atoms with Gasteiger partial charge in [-0.1, -0.05) is 17.5 Å². The van der Waals surface area contributed by atoms with E-state index in [1.807, 2.05) is 11.5 Å². The number of nitrogens with zero attached hydrogens (tertiary/aromatic N) is 2. The number of aromatic nitrogens is 2. The molecular weight excluding hydrogens is 194 g/mol. The van der Waals surface area contributed by atoms with Gasteiger partial charge < -0.3 is 5.32 Å². The van der Waals surface area contributed by atoms with Crippen molar-refractivity contribution in [1.82, 2.24) is 14.9 Å². The molecule has 3 nitrogen and oxygen atoms in total. The van der Waals surface area contributed by atoms with Gasteiger partial charge in [-0.05, 0) is 37.3 Å². The number of rotatable bonds is 7. The van der Waals surface area contributed by atoms with Crippen molar-refractivity contribution in [2.24, 2.45) is 0 Å². The fourth-order valence-electron chi connectivity index (χ4n) is 1.28. The SMILES string of the molecule is C=CCCC(NCCC)c1csnn1. The third-order valence-electron chi connectivity index (χ3n) is 2.03. The predicted molar refractivity (Wildman–Crippen MR) is 60.4 cm³/mol. The number of allylic oxidation sites excluding steroid dienone is 1. The molecule has 0 fully saturated rings. The Morgan fingerprint density at radius 3 is 3.14 bits per heavy atom. The summed E-state index contributed by atoms with van der Waals surface area (Å²) in [6.07, 6.45) is 5.15. The van der Waals surface area contributed by atoms with E-state index in [1.165, 1.54) is 11.5 Å². The molecule has 1 rings (SSSR count). The molecule has 0 aliphatic heterocycles. The molecule has 1 aromatic heterocycles. The molecule has 0 bridgehead atoms. The highest BCUT2D eigenvalue weighted by Crippen LogP contribution is 2.17. The van der Waals surface area contributed by atoms with Gasteiger partial charge in [0.1, 0.15) is 0 Å². The lowest BCUT2D eigenvalue weighted by Gasteiger charge is -2.14. The van der Waals surface area contributed by atoms with E-state index in [2.05, 4.69) is 28.4 Å². The fraction of sp³-hybridized carbons (Fsp3) is 0.600. The van der Waals surface area contributed by atoms with Gasteiger partial charge in [-0.25, -0.2) is 0 Å². The summed E-state index contributed by atoms with van der Waals surface area (Å²) >= 11 is 1.41. The zero-order valence-electron chi connectivity index (χ0n) is 8.57. The first-order valence-electron chi connectivity index (χ1n) is 4.99. The molecule has 4 heteroatoms. The van der Waals surface area contributed by atoms with Gasteiger partial charge in [0.2, 0.25) is 0 Å². The molecule has 0 saturated heterocycles. The lowest BCUT2D eigenvalue weighted by atomic mass is 10.1. The second-order valence-electron chi connectivity index (χ2n) is 3.20. The van der Waals surface area contributed by atoms with Gasteiger partial charge in [0, 0.05) is 5.38 Å². The molecule has 0 aliphatic carbocycles. The Hall–Kier alpha value is -0.740. The van der Waals surface area contributed by atoms with Crippen LogP contribution in [0.3, 0.4) is 0 Å². The average molecular weight is 211 g/mol. The van der Waals surface area contributed by atoms with E-state index in [0.717, 1.165) is 31.5 Å². The average Bonchev–Trinajstić information content (AvgIpc) is 2.71. The summed E-state index contributed by atoms with van der Waals surface area (Å²) in [4.78, 5) is 0. The van der Waals surface area contributed by atoms with Crippen LogP contribution in [-0.2, 0) is 0 Å². The van der Waals surface area contributed by atoms with Crippen molar-refractivity contribution in [3.63, 3.8) is 0 Å². The van der Waals surface area contributed by atoms with Crippen molar-refractivity contribution < 1.29 is 0 Å². The van der Waals surface area contributed by atoms with E-state index in [1.54, 1.807) is 0 Å². The molecule has 1 unspecified atom stereocenters. The summed E-state index contributed by atoms with van der Waals surface area (Å²) in [6, 6.07) is 0.340. The van der Waals surface area contributed by atoms with Crippen LogP contribution in [0.25, 0.3) is 0 Å². The van der Waals surface area contributed by atoms with Crippen LogP contribution in [0.2, 0.25) is 0 Å². The minimum atomic E-state index is 0.340. The maximum Gasteiger partial charge on any atom is 0.0924 e. The van der Waals surface area contributed by atoms with Gasteiger partial charge in [0.25, 0.3) is 0 Å². The molecule has 1 atom stereocenters. The Balaban J connectivity index is 2.48. The van der Waals surface area contributed by atoms with Gasteiger partial charge in [-0.3, -0.25) is 0 Å². The number of hydrogen-bond acceptors (Lipinski definition) is 4. The van der Waals surface area contributed by atoms with Crippen LogP contribution < -0.4 is 5.32 Å². The van der Waals surface area contributed by atoms with Crippen molar-refractivity contribution in [3.8, 4) is 0 Å². The Morgan fingerprint density at radius 2 is 2.57 bits per heavy atom. The molecule has 0 radical (unpaired) electrons. The summed E-state index contributed by atoms with van der Waals surface area (Å²) in [7, 11) is 0. The van der Waals surface area contributed by atoms with Crippen LogP contribution in [0.5, 0.6) is 0 Å². The van der Waals surface area contributed by atoms with Gasteiger partial charge in [0.15, 0.2) is 0 Å². The van der Waals surface area contributed by atoms with Crippen LogP contribution in [0, 0.1) is 0 Å². The molecule has 0 spiro atoms. The first-order valence-corrected chi connectivity index (χ1v) is 5.83. The maximum absolute atomic E-state index is 4.09. The van der Waals surface area contributed by atoms with Crippen LogP contribution in [-0.4, -0.2) is 16.1 Å². The zero-order valence-corrected chi connectivity index (χ0v) is 9.39. The summed E-state index contributed by atoms with van der Waals surface area (Å²) in [6.45, 7) is 6.92. The molecule has 78 valence electrons. The standard InChI is InChI=1S/C10H17N3S/c1-3-5-6-9(11-7-4-2)10-8-14-13-12-10/h3,8-9,11H,1,4-7H2,2H3. The minimum absolute atomic E-state index is 0.340. The van der Waals surface area contributed by atoms with Crippen LogP contribution >= 0.6 is 11.5 Å². The third kappa shape index (κ3) is 3.55. The summed E-state index contributed by atoms with van der Waals surface area (Å²) in [5.41, 5.74) is 1.06. The van der Waals surface area contributed by atoms with Crippen molar-refractivity contribution in [2.75, 3.05) is 6.54 Å². The molecule has 0 amide bonds. The van der Waals surface area contributed by atoms with Crippen molar-refractivity contribution in [3.05, 3.63) is 23.7 Å². The van der Waals surface area contributed by atoms with Gasteiger partial charge in [0.05, 0.1) is 11.7 Å². The van der Waals surface area contributed by atoms with Crippen LogP contribution in [0.15, 0.2) is 18.0 Å². The van der Waals surface area contributed by atoms with Gasteiger partial charge in [-0.15, -0.1) is 11.7 Å². The smallest absolute Gasteiger partial charge is 0.0924 e. The molecule has 1 aromatic rings. The topological polar surface area (TPSA) is 37.8 Å². The largest absolute Gasteiger partial charge is 0.309 e. The Morgan fingerprint density at radius 1 is 1.71 bits per heavy atom. The second kappa shape index (κ2) is 6.68. The zero-order chi connectivity index (χ0) is 10.2. The fourth-order valence-corrected chi connectivity index (χ4v) is 1.79. The summed E-state index contributed by atoms with van der Waals surface area (Å²) < 4.78 is 3.89. The number of nitrogens with one attached hydrogen (secondary N) is 1. The molecule has 1 heterocycles. The molecule has 0 aliphatic rings. The molecular formula is C10H17N3S. The molecule has 1 N–H and O–H groups in total. The first kappa shape index (κ1) is 11.3. The van der Waals surface area contributed by atoms with Gasteiger partial charge in [-0.2, -0.15) is 0 Å². The van der Waals surface area contributed by atoms with E-state index in [-0.39, 0.29) is 0 Å². The van der Waals surface area contributed by atoms with Crippen molar-refractivity contribution in [1.29, 1.82) is 0 Å².